The van der Waals surface area contributed by atoms with Crippen molar-refractivity contribution >= 4 is 11.9 Å². The molecule has 1 saturated carbocycles. The number of nitrogens with zero attached hydrogens (tertiary/aromatic N) is 1. The minimum Gasteiger partial charge on any atom is -0.475 e. The Morgan fingerprint density at radius 3 is 2.29 bits per heavy atom. The first-order valence-corrected chi connectivity index (χ1v) is 11.8. The topological polar surface area (TPSA) is 83.6 Å². The van der Waals surface area contributed by atoms with Gasteiger partial charge in [-0.05, 0) is 78.3 Å². The normalized spacial score (nSPS) is 18.2. The number of carboxylic acids is 1. The maximum atomic E-state index is 11.7. The summed E-state index contributed by atoms with van der Waals surface area (Å²) in [6, 6.07) is 13.4. The molecule has 0 saturated heterocycles. The number of carbonyl (C=O) groups excluding carboxylic acids is 1. The van der Waals surface area contributed by atoms with Gasteiger partial charge in [-0.15, -0.1) is 0 Å². The van der Waals surface area contributed by atoms with Crippen molar-refractivity contribution in [1.29, 1.82) is 0 Å². The van der Waals surface area contributed by atoms with E-state index in [2.05, 4.69) is 43.0 Å². The lowest BCUT2D eigenvalue weighted by atomic mass is 9.75. The molecule has 0 atom stereocenters. The number of benzene rings is 2. The lowest BCUT2D eigenvalue weighted by Gasteiger charge is -2.42. The smallest absolute Gasteiger partial charge is 0.475 e. The molecule has 0 aromatic heterocycles. The van der Waals surface area contributed by atoms with E-state index in [9.17, 15) is 18.0 Å². The first-order valence-electron chi connectivity index (χ1n) is 11.8. The predicted molar refractivity (Wildman–Crippen MR) is 129 cm³/mol. The van der Waals surface area contributed by atoms with E-state index in [1.807, 2.05) is 19.1 Å². The van der Waals surface area contributed by atoms with Gasteiger partial charge in [0.05, 0.1) is 0 Å². The zero-order chi connectivity index (χ0) is 26.0. The highest BCUT2D eigenvalue weighted by Gasteiger charge is 2.38. The molecule has 190 valence electrons. The number of primary amides is 1. The van der Waals surface area contributed by atoms with Gasteiger partial charge in [0.1, 0.15) is 0 Å². The molecule has 2 aromatic carbocycles. The van der Waals surface area contributed by atoms with Crippen molar-refractivity contribution in [2.45, 2.75) is 71.6 Å². The first-order chi connectivity index (χ1) is 16.3. The van der Waals surface area contributed by atoms with E-state index in [0.29, 0.717) is 11.0 Å². The molecule has 5 nitrogen and oxygen atoms in total. The van der Waals surface area contributed by atoms with Crippen molar-refractivity contribution in [3.8, 4) is 11.1 Å². The molecule has 1 amide bonds. The second-order valence-electron chi connectivity index (χ2n) is 10.2. The molecular formula is C27H33F3N2O3. The highest BCUT2D eigenvalue weighted by Crippen LogP contribution is 2.38. The Bertz CT molecular complexity index is 1090. The zero-order valence-electron chi connectivity index (χ0n) is 20.4. The standard InChI is InChI=1S/C25H32N2O.C2HF3O2/c1-17-22(5-4-6-23(17)24(26)28)19-7-8-20-16-27(14-11-18(20)15-19)21-9-12-25(2,3)13-10-21;3-2(4,5)1(6)7/h4-8,15,21H,9-14,16H2,1-3H3,(H2,26,28);(H,6,7). The molecule has 0 unspecified atom stereocenters. The summed E-state index contributed by atoms with van der Waals surface area (Å²) in [7, 11) is 0. The summed E-state index contributed by atoms with van der Waals surface area (Å²) in [5, 5.41) is 7.12. The summed E-state index contributed by atoms with van der Waals surface area (Å²) < 4.78 is 31.7. The average Bonchev–Trinajstić information content (AvgIpc) is 2.78. The molecule has 1 aliphatic carbocycles. The zero-order valence-corrected chi connectivity index (χ0v) is 20.4. The molecule has 35 heavy (non-hydrogen) atoms. The van der Waals surface area contributed by atoms with Gasteiger partial charge in [-0.1, -0.05) is 44.2 Å². The predicted octanol–water partition coefficient (Wildman–Crippen LogP) is 5.72. The molecule has 1 heterocycles. The number of hydrogen-bond donors (Lipinski definition) is 2. The van der Waals surface area contributed by atoms with Crippen LogP contribution in [-0.2, 0) is 17.8 Å². The molecule has 1 aliphatic heterocycles. The van der Waals surface area contributed by atoms with Crippen LogP contribution in [0.15, 0.2) is 36.4 Å². The Morgan fingerprint density at radius 2 is 1.71 bits per heavy atom. The van der Waals surface area contributed by atoms with Gasteiger partial charge >= 0.3 is 12.1 Å². The highest BCUT2D eigenvalue weighted by molar-refractivity contribution is 5.96. The van der Waals surface area contributed by atoms with Gasteiger partial charge < -0.3 is 10.8 Å². The van der Waals surface area contributed by atoms with Crippen LogP contribution in [0, 0.1) is 12.3 Å². The van der Waals surface area contributed by atoms with Crippen LogP contribution >= 0.6 is 0 Å². The Kier molecular flexibility index (Phi) is 7.94. The first kappa shape index (κ1) is 26.7. The quantitative estimate of drug-likeness (QED) is 0.576. The molecular weight excluding hydrogens is 457 g/mol. The monoisotopic (exact) mass is 490 g/mol. The van der Waals surface area contributed by atoms with Crippen molar-refractivity contribution in [2.24, 2.45) is 11.1 Å². The van der Waals surface area contributed by atoms with Gasteiger partial charge in [-0.2, -0.15) is 13.2 Å². The number of amides is 1. The molecule has 0 radical (unpaired) electrons. The van der Waals surface area contributed by atoms with Crippen LogP contribution in [0.1, 0.15) is 66.6 Å². The third-order valence-electron chi connectivity index (χ3n) is 7.23. The van der Waals surface area contributed by atoms with Crippen molar-refractivity contribution in [3.05, 3.63) is 58.7 Å². The van der Waals surface area contributed by atoms with E-state index in [1.165, 1.54) is 42.4 Å². The number of hydrogen-bond acceptors (Lipinski definition) is 3. The fourth-order valence-corrected chi connectivity index (χ4v) is 5.02. The van der Waals surface area contributed by atoms with Gasteiger partial charge in [-0.25, -0.2) is 4.79 Å². The fourth-order valence-electron chi connectivity index (χ4n) is 5.02. The summed E-state index contributed by atoms with van der Waals surface area (Å²) in [5.74, 6) is -3.11. The second kappa shape index (κ2) is 10.4. The van der Waals surface area contributed by atoms with Gasteiger partial charge in [0.2, 0.25) is 5.91 Å². The van der Waals surface area contributed by atoms with E-state index in [-0.39, 0.29) is 5.91 Å². The third-order valence-corrected chi connectivity index (χ3v) is 7.23. The second-order valence-corrected chi connectivity index (χ2v) is 10.2. The number of rotatable bonds is 3. The van der Waals surface area contributed by atoms with Gasteiger partial charge in [0.25, 0.3) is 0 Å². The Hall–Kier alpha value is -2.87. The SMILES string of the molecule is Cc1c(C(N)=O)cccc1-c1ccc2c(c1)CCN(C1CCC(C)(C)CC1)C2.O=C(O)C(F)(F)F. The maximum Gasteiger partial charge on any atom is 0.490 e. The van der Waals surface area contributed by atoms with Crippen molar-refractivity contribution in [2.75, 3.05) is 6.54 Å². The molecule has 4 rings (SSSR count). The van der Waals surface area contributed by atoms with Crippen LogP contribution in [-0.4, -0.2) is 40.6 Å². The number of nitrogens with two attached hydrogens (primary N) is 1. The maximum absolute atomic E-state index is 11.7. The number of halogens is 3. The molecule has 2 aliphatic rings. The summed E-state index contributed by atoms with van der Waals surface area (Å²) >= 11 is 0. The Balaban J connectivity index is 0.000000429. The van der Waals surface area contributed by atoms with Crippen LogP contribution in [0.3, 0.4) is 0 Å². The van der Waals surface area contributed by atoms with Crippen LogP contribution in [0.2, 0.25) is 0 Å². The molecule has 8 heteroatoms. The molecule has 3 N–H and O–H groups in total. The van der Waals surface area contributed by atoms with E-state index >= 15 is 0 Å². The van der Waals surface area contributed by atoms with Gasteiger partial charge in [0.15, 0.2) is 0 Å². The number of carbonyl (C=O) groups is 2. The molecule has 2 aromatic rings. The highest BCUT2D eigenvalue weighted by atomic mass is 19.4. The molecule has 0 spiro atoms. The lowest BCUT2D eigenvalue weighted by molar-refractivity contribution is -0.192. The van der Waals surface area contributed by atoms with Crippen LogP contribution in [0.4, 0.5) is 13.2 Å². The average molecular weight is 491 g/mol. The van der Waals surface area contributed by atoms with Crippen LogP contribution in [0.5, 0.6) is 0 Å². The van der Waals surface area contributed by atoms with E-state index in [1.54, 1.807) is 0 Å². The molecule has 1 fully saturated rings. The summed E-state index contributed by atoms with van der Waals surface area (Å²) in [6.45, 7) is 9.03. The van der Waals surface area contributed by atoms with Crippen molar-refractivity contribution < 1.29 is 27.9 Å². The Labute approximate surface area is 204 Å². The van der Waals surface area contributed by atoms with Crippen molar-refractivity contribution in [1.82, 2.24) is 4.90 Å². The minimum absolute atomic E-state index is 0.358. The fraction of sp³-hybridized carbons (Fsp3) is 0.481. The van der Waals surface area contributed by atoms with E-state index in [0.717, 1.165) is 36.7 Å². The largest absolute Gasteiger partial charge is 0.490 e. The third kappa shape index (κ3) is 6.63. The Morgan fingerprint density at radius 1 is 1.09 bits per heavy atom. The number of alkyl halides is 3. The summed E-state index contributed by atoms with van der Waals surface area (Å²) in [5.41, 5.74) is 12.8. The van der Waals surface area contributed by atoms with Crippen molar-refractivity contribution in [3.63, 3.8) is 0 Å². The summed E-state index contributed by atoms with van der Waals surface area (Å²) in [6.07, 6.45) is 1.38. The van der Waals surface area contributed by atoms with Crippen LogP contribution in [0.25, 0.3) is 11.1 Å². The number of aliphatic carboxylic acids is 1. The summed E-state index contributed by atoms with van der Waals surface area (Å²) in [4.78, 5) is 23.3. The lowest BCUT2D eigenvalue weighted by Crippen LogP contribution is -2.42. The number of carboxylic acid groups (broad SMARTS) is 1. The van der Waals surface area contributed by atoms with Crippen LogP contribution < -0.4 is 5.73 Å². The van der Waals surface area contributed by atoms with Gasteiger partial charge in [0, 0.05) is 24.7 Å². The molecule has 0 bridgehead atoms. The number of fused-ring (bicyclic) bond motifs is 1. The van der Waals surface area contributed by atoms with E-state index < -0.39 is 12.1 Å². The minimum atomic E-state index is -5.08. The van der Waals surface area contributed by atoms with Gasteiger partial charge in [-0.3, -0.25) is 9.69 Å². The van der Waals surface area contributed by atoms with E-state index in [4.69, 9.17) is 15.6 Å².